The maximum Gasteiger partial charge on any atom is 0.252 e. The van der Waals surface area contributed by atoms with Crippen LogP contribution in [0.15, 0.2) is 42.7 Å². The fourth-order valence-electron chi connectivity index (χ4n) is 2.25. The molecular weight excluding hydrogens is 290 g/mol. The molecule has 2 rings (SSSR count). The zero-order valence-electron chi connectivity index (χ0n) is 13.6. The van der Waals surface area contributed by atoms with Crippen molar-refractivity contribution in [2.75, 3.05) is 25.5 Å². The third-order valence-electron chi connectivity index (χ3n) is 3.45. The zero-order valence-corrected chi connectivity index (χ0v) is 13.6. The van der Waals surface area contributed by atoms with E-state index in [9.17, 15) is 4.79 Å². The molecule has 0 saturated heterocycles. The van der Waals surface area contributed by atoms with Gasteiger partial charge in [-0.15, -0.1) is 0 Å². The zero-order chi connectivity index (χ0) is 16.5. The van der Waals surface area contributed by atoms with Crippen LogP contribution >= 0.6 is 0 Å². The number of carbonyl (C=O) groups is 1. The van der Waals surface area contributed by atoms with Gasteiger partial charge in [-0.25, -0.2) is 0 Å². The summed E-state index contributed by atoms with van der Waals surface area (Å²) < 4.78 is 5.34. The van der Waals surface area contributed by atoms with E-state index in [0.717, 1.165) is 36.4 Å². The van der Waals surface area contributed by atoms with Crippen LogP contribution in [-0.4, -0.2) is 31.1 Å². The highest BCUT2D eigenvalue weighted by Crippen LogP contribution is 2.18. The number of anilines is 1. The van der Waals surface area contributed by atoms with Crippen LogP contribution in [0.3, 0.4) is 0 Å². The molecule has 5 nitrogen and oxygen atoms in total. The molecule has 0 unspecified atom stereocenters. The summed E-state index contributed by atoms with van der Waals surface area (Å²) in [6.07, 6.45) is 5.04. The molecule has 0 fully saturated rings. The van der Waals surface area contributed by atoms with Gasteiger partial charge >= 0.3 is 0 Å². The van der Waals surface area contributed by atoms with Crippen molar-refractivity contribution < 1.29 is 9.53 Å². The SMILES string of the molecule is CCCNC(=O)c1cncc(NCCc2ccccc2OC)c1. The predicted octanol–water partition coefficient (Wildman–Crippen LogP) is 2.88. The normalized spacial score (nSPS) is 10.2. The summed E-state index contributed by atoms with van der Waals surface area (Å²) in [5, 5.41) is 6.15. The van der Waals surface area contributed by atoms with E-state index in [0.29, 0.717) is 12.1 Å². The molecule has 0 saturated carbocycles. The monoisotopic (exact) mass is 313 g/mol. The second-order valence-corrected chi connectivity index (χ2v) is 5.21. The van der Waals surface area contributed by atoms with E-state index >= 15 is 0 Å². The number of ether oxygens (including phenoxy) is 1. The molecule has 122 valence electrons. The number of hydrogen-bond donors (Lipinski definition) is 2. The summed E-state index contributed by atoms with van der Waals surface area (Å²) in [7, 11) is 1.68. The van der Waals surface area contributed by atoms with Gasteiger partial charge in [-0.1, -0.05) is 25.1 Å². The van der Waals surface area contributed by atoms with E-state index in [2.05, 4.69) is 15.6 Å². The van der Waals surface area contributed by atoms with Gasteiger partial charge in [0.25, 0.3) is 5.91 Å². The van der Waals surface area contributed by atoms with Gasteiger partial charge in [-0.05, 0) is 30.5 Å². The number of nitrogens with one attached hydrogen (secondary N) is 2. The van der Waals surface area contributed by atoms with Gasteiger partial charge in [0, 0.05) is 25.5 Å². The minimum absolute atomic E-state index is 0.0901. The second kappa shape index (κ2) is 8.78. The number of benzene rings is 1. The van der Waals surface area contributed by atoms with Crippen LogP contribution in [0, 0.1) is 0 Å². The quantitative estimate of drug-likeness (QED) is 0.786. The van der Waals surface area contributed by atoms with Gasteiger partial charge < -0.3 is 15.4 Å². The van der Waals surface area contributed by atoms with Gasteiger partial charge in [-0.2, -0.15) is 0 Å². The van der Waals surface area contributed by atoms with E-state index in [1.165, 1.54) is 0 Å². The van der Waals surface area contributed by atoms with Gasteiger partial charge in [0.05, 0.1) is 18.4 Å². The molecular formula is C18H23N3O2. The van der Waals surface area contributed by atoms with E-state index in [1.807, 2.05) is 37.3 Å². The van der Waals surface area contributed by atoms with Crippen LogP contribution in [0.25, 0.3) is 0 Å². The fourth-order valence-corrected chi connectivity index (χ4v) is 2.25. The second-order valence-electron chi connectivity index (χ2n) is 5.21. The number of aromatic nitrogens is 1. The van der Waals surface area contributed by atoms with Crippen molar-refractivity contribution in [1.82, 2.24) is 10.3 Å². The van der Waals surface area contributed by atoms with Crippen LogP contribution in [0.1, 0.15) is 29.3 Å². The summed E-state index contributed by atoms with van der Waals surface area (Å²) in [6, 6.07) is 9.78. The fraction of sp³-hybridized carbons (Fsp3) is 0.333. The molecule has 1 amide bonds. The van der Waals surface area contributed by atoms with Crippen molar-refractivity contribution in [2.24, 2.45) is 0 Å². The number of amides is 1. The summed E-state index contributed by atoms with van der Waals surface area (Å²) in [5.74, 6) is 0.799. The number of para-hydroxylation sites is 1. The van der Waals surface area contributed by atoms with Gasteiger partial charge in [0.1, 0.15) is 5.75 Å². The predicted molar refractivity (Wildman–Crippen MR) is 92.0 cm³/mol. The molecule has 0 spiro atoms. The lowest BCUT2D eigenvalue weighted by molar-refractivity contribution is 0.0953. The van der Waals surface area contributed by atoms with Crippen LogP contribution in [-0.2, 0) is 6.42 Å². The van der Waals surface area contributed by atoms with Crippen molar-refractivity contribution >= 4 is 11.6 Å². The molecule has 2 N–H and O–H groups in total. The maximum atomic E-state index is 11.9. The Morgan fingerprint density at radius 3 is 2.83 bits per heavy atom. The first kappa shape index (κ1) is 16.8. The van der Waals surface area contributed by atoms with Gasteiger partial charge in [-0.3, -0.25) is 9.78 Å². The Balaban J connectivity index is 1.92. The molecule has 1 aromatic heterocycles. The Morgan fingerprint density at radius 2 is 2.04 bits per heavy atom. The molecule has 0 radical (unpaired) electrons. The Bertz CT molecular complexity index is 644. The molecule has 5 heteroatoms. The lowest BCUT2D eigenvalue weighted by Gasteiger charge is -2.10. The molecule has 23 heavy (non-hydrogen) atoms. The Labute approximate surface area is 137 Å². The van der Waals surface area contributed by atoms with Crippen molar-refractivity contribution in [3.63, 3.8) is 0 Å². The largest absolute Gasteiger partial charge is 0.496 e. The molecule has 0 bridgehead atoms. The molecule has 0 aliphatic rings. The molecule has 0 atom stereocenters. The lowest BCUT2D eigenvalue weighted by atomic mass is 10.1. The summed E-state index contributed by atoms with van der Waals surface area (Å²) in [4.78, 5) is 16.1. The van der Waals surface area contributed by atoms with Crippen LogP contribution in [0.4, 0.5) is 5.69 Å². The highest BCUT2D eigenvalue weighted by molar-refractivity contribution is 5.94. The van der Waals surface area contributed by atoms with Crippen LogP contribution in [0.5, 0.6) is 5.75 Å². The highest BCUT2D eigenvalue weighted by atomic mass is 16.5. The number of hydrogen-bond acceptors (Lipinski definition) is 4. The lowest BCUT2D eigenvalue weighted by Crippen LogP contribution is -2.24. The smallest absolute Gasteiger partial charge is 0.252 e. The van der Waals surface area contributed by atoms with Crippen molar-refractivity contribution in [1.29, 1.82) is 0 Å². The van der Waals surface area contributed by atoms with E-state index in [1.54, 1.807) is 19.5 Å². The molecule has 0 aliphatic carbocycles. The third kappa shape index (κ3) is 4.98. The van der Waals surface area contributed by atoms with Crippen LogP contribution in [0.2, 0.25) is 0 Å². The topological polar surface area (TPSA) is 63.2 Å². The molecule has 0 aliphatic heterocycles. The first-order valence-corrected chi connectivity index (χ1v) is 7.83. The molecule has 2 aromatic rings. The van der Waals surface area contributed by atoms with Crippen molar-refractivity contribution in [3.05, 3.63) is 53.9 Å². The van der Waals surface area contributed by atoms with Gasteiger partial charge in [0.15, 0.2) is 0 Å². The van der Waals surface area contributed by atoms with Crippen LogP contribution < -0.4 is 15.4 Å². The molecule has 1 heterocycles. The minimum atomic E-state index is -0.0901. The van der Waals surface area contributed by atoms with Crippen molar-refractivity contribution in [3.8, 4) is 5.75 Å². The number of pyridine rings is 1. The summed E-state index contributed by atoms with van der Waals surface area (Å²) >= 11 is 0. The molecule has 1 aromatic carbocycles. The average molecular weight is 313 g/mol. The summed E-state index contributed by atoms with van der Waals surface area (Å²) in [6.45, 7) is 3.43. The highest BCUT2D eigenvalue weighted by Gasteiger charge is 2.06. The van der Waals surface area contributed by atoms with Crippen molar-refractivity contribution in [2.45, 2.75) is 19.8 Å². The maximum absolute atomic E-state index is 11.9. The Morgan fingerprint density at radius 1 is 1.22 bits per heavy atom. The van der Waals surface area contributed by atoms with E-state index < -0.39 is 0 Å². The first-order chi connectivity index (χ1) is 11.2. The third-order valence-corrected chi connectivity index (χ3v) is 3.45. The minimum Gasteiger partial charge on any atom is -0.496 e. The number of methoxy groups -OCH3 is 1. The number of rotatable bonds is 8. The Hall–Kier alpha value is -2.56. The average Bonchev–Trinajstić information content (AvgIpc) is 2.60. The van der Waals surface area contributed by atoms with E-state index in [-0.39, 0.29) is 5.91 Å². The number of nitrogens with zero attached hydrogens (tertiary/aromatic N) is 1. The summed E-state index contributed by atoms with van der Waals surface area (Å²) in [5.41, 5.74) is 2.55. The van der Waals surface area contributed by atoms with Gasteiger partial charge in [0.2, 0.25) is 0 Å². The number of carbonyl (C=O) groups excluding carboxylic acids is 1. The standard InChI is InChI=1S/C18H23N3O2/c1-3-9-21-18(22)15-11-16(13-19-12-15)20-10-8-14-6-4-5-7-17(14)23-2/h4-7,11-13,20H,3,8-10H2,1-2H3,(H,21,22). The first-order valence-electron chi connectivity index (χ1n) is 7.83. The van der Waals surface area contributed by atoms with E-state index in [4.69, 9.17) is 4.74 Å². The Kier molecular flexibility index (Phi) is 6.41.